The Morgan fingerprint density at radius 1 is 1.03 bits per heavy atom. The number of hydrogen-bond donors (Lipinski definition) is 0. The highest BCUT2D eigenvalue weighted by Crippen LogP contribution is 2.35. The van der Waals surface area contributed by atoms with E-state index in [1.54, 1.807) is 13.4 Å². The third-order valence-electron chi connectivity index (χ3n) is 5.41. The lowest BCUT2D eigenvalue weighted by Gasteiger charge is -2.26. The van der Waals surface area contributed by atoms with Gasteiger partial charge in [0.1, 0.15) is 17.3 Å². The fourth-order valence-electron chi connectivity index (χ4n) is 3.86. The van der Waals surface area contributed by atoms with E-state index in [0.717, 1.165) is 34.8 Å². The molecule has 0 fully saturated rings. The van der Waals surface area contributed by atoms with E-state index in [-0.39, 0.29) is 17.9 Å². The molecular weight excluding hydrogens is 402 g/mol. The number of furan rings is 1. The summed E-state index contributed by atoms with van der Waals surface area (Å²) in [6, 6.07) is 19.8. The van der Waals surface area contributed by atoms with Gasteiger partial charge in [0.05, 0.1) is 19.5 Å². The highest BCUT2D eigenvalue weighted by Gasteiger charge is 2.23. The van der Waals surface area contributed by atoms with Crippen LogP contribution >= 0.6 is 0 Å². The lowest BCUT2D eigenvalue weighted by Crippen LogP contribution is -2.31. The summed E-state index contributed by atoms with van der Waals surface area (Å²) in [7, 11) is 1.68. The van der Waals surface area contributed by atoms with E-state index < -0.39 is 0 Å². The second-order valence-electron chi connectivity index (χ2n) is 8.08. The van der Waals surface area contributed by atoms with Gasteiger partial charge in [0.15, 0.2) is 0 Å². The van der Waals surface area contributed by atoms with Crippen molar-refractivity contribution < 1.29 is 18.7 Å². The molecule has 0 radical (unpaired) electrons. The first kappa shape index (κ1) is 23.5. The van der Waals surface area contributed by atoms with Crippen LogP contribution in [0.1, 0.15) is 56.4 Å². The van der Waals surface area contributed by atoms with Crippen LogP contribution in [-0.2, 0) is 11.3 Å². The zero-order valence-electron chi connectivity index (χ0n) is 19.4. The molecule has 0 saturated carbocycles. The van der Waals surface area contributed by atoms with Crippen molar-refractivity contribution in [1.29, 1.82) is 0 Å². The number of carbonyl (C=O) groups excluding carboxylic acids is 1. The third kappa shape index (κ3) is 6.16. The van der Waals surface area contributed by atoms with Crippen molar-refractivity contribution >= 4 is 5.91 Å². The topological polar surface area (TPSA) is 51.9 Å². The maximum atomic E-state index is 12.7. The molecule has 1 atom stereocenters. The van der Waals surface area contributed by atoms with Crippen LogP contribution < -0.4 is 9.47 Å². The fourth-order valence-corrected chi connectivity index (χ4v) is 3.86. The van der Waals surface area contributed by atoms with Crippen LogP contribution in [0.15, 0.2) is 71.3 Å². The molecule has 0 spiro atoms. The van der Waals surface area contributed by atoms with Crippen molar-refractivity contribution in [2.45, 2.75) is 52.2 Å². The van der Waals surface area contributed by atoms with Gasteiger partial charge in [-0.2, -0.15) is 0 Å². The Balaban J connectivity index is 1.77. The second kappa shape index (κ2) is 11.4. The van der Waals surface area contributed by atoms with Gasteiger partial charge in [-0.3, -0.25) is 4.79 Å². The SMILES string of the molecule is CCC(=O)N(CCC(c1ccco1)c1ccccc1OC)Cc1ccc(OC(C)C)cc1. The maximum Gasteiger partial charge on any atom is 0.222 e. The van der Waals surface area contributed by atoms with Crippen molar-refractivity contribution in [3.63, 3.8) is 0 Å². The number of ether oxygens (including phenoxy) is 2. The number of benzene rings is 2. The molecule has 5 nitrogen and oxygen atoms in total. The monoisotopic (exact) mass is 435 g/mol. The molecule has 1 heterocycles. The molecule has 5 heteroatoms. The minimum absolute atomic E-state index is 0.00451. The van der Waals surface area contributed by atoms with Gasteiger partial charge in [0.25, 0.3) is 0 Å². The molecule has 2 aromatic carbocycles. The molecule has 3 rings (SSSR count). The predicted molar refractivity (Wildman–Crippen MR) is 126 cm³/mol. The maximum absolute atomic E-state index is 12.7. The van der Waals surface area contributed by atoms with Crippen LogP contribution in [0.25, 0.3) is 0 Å². The van der Waals surface area contributed by atoms with E-state index >= 15 is 0 Å². The molecule has 0 N–H and O–H groups in total. The van der Waals surface area contributed by atoms with E-state index in [9.17, 15) is 4.79 Å². The smallest absolute Gasteiger partial charge is 0.222 e. The lowest BCUT2D eigenvalue weighted by atomic mass is 9.92. The molecule has 0 aliphatic carbocycles. The molecule has 0 aliphatic heterocycles. The zero-order valence-corrected chi connectivity index (χ0v) is 19.4. The first-order valence-electron chi connectivity index (χ1n) is 11.2. The van der Waals surface area contributed by atoms with Crippen LogP contribution in [-0.4, -0.2) is 30.6 Å². The van der Waals surface area contributed by atoms with E-state index in [0.29, 0.717) is 19.5 Å². The Hall–Kier alpha value is -3.21. The number of para-hydroxylation sites is 1. The molecule has 1 aromatic heterocycles. The molecule has 170 valence electrons. The quantitative estimate of drug-likeness (QED) is 0.369. The van der Waals surface area contributed by atoms with Crippen LogP contribution in [0.3, 0.4) is 0 Å². The Morgan fingerprint density at radius 2 is 1.78 bits per heavy atom. The summed E-state index contributed by atoms with van der Waals surface area (Å²) in [6.07, 6.45) is 3.02. The Morgan fingerprint density at radius 3 is 2.41 bits per heavy atom. The van der Waals surface area contributed by atoms with Gasteiger partial charge in [-0.1, -0.05) is 37.3 Å². The number of carbonyl (C=O) groups is 1. The standard InChI is InChI=1S/C27H33NO4/c1-5-27(29)28(19-21-12-14-22(15-13-21)32-20(2)3)17-16-24(26-11-8-18-31-26)23-9-6-7-10-25(23)30-4/h6-15,18,20,24H,5,16-17,19H2,1-4H3. The summed E-state index contributed by atoms with van der Waals surface area (Å²) in [4.78, 5) is 14.7. The van der Waals surface area contributed by atoms with Gasteiger partial charge in [0.2, 0.25) is 5.91 Å². The van der Waals surface area contributed by atoms with Crippen LogP contribution in [0.2, 0.25) is 0 Å². The number of rotatable bonds is 11. The summed E-state index contributed by atoms with van der Waals surface area (Å²) < 4.78 is 17.1. The summed E-state index contributed by atoms with van der Waals surface area (Å²) >= 11 is 0. The fraction of sp³-hybridized carbons (Fsp3) is 0.370. The van der Waals surface area contributed by atoms with Gasteiger partial charge >= 0.3 is 0 Å². The second-order valence-corrected chi connectivity index (χ2v) is 8.08. The average molecular weight is 436 g/mol. The van der Waals surface area contributed by atoms with Crippen LogP contribution in [0, 0.1) is 0 Å². The molecule has 0 saturated heterocycles. The molecule has 0 aliphatic rings. The average Bonchev–Trinajstić information content (AvgIpc) is 3.33. The number of methoxy groups -OCH3 is 1. The Bertz CT molecular complexity index is 964. The van der Waals surface area contributed by atoms with E-state index in [1.807, 2.05) is 80.3 Å². The van der Waals surface area contributed by atoms with Gasteiger partial charge in [-0.15, -0.1) is 0 Å². The summed E-state index contributed by atoms with van der Waals surface area (Å²) in [5, 5.41) is 0. The number of hydrogen-bond acceptors (Lipinski definition) is 4. The minimum atomic E-state index is -0.00451. The first-order valence-corrected chi connectivity index (χ1v) is 11.2. The highest BCUT2D eigenvalue weighted by atomic mass is 16.5. The molecular formula is C27H33NO4. The van der Waals surface area contributed by atoms with Crippen LogP contribution in [0.5, 0.6) is 11.5 Å². The van der Waals surface area contributed by atoms with Crippen LogP contribution in [0.4, 0.5) is 0 Å². The van der Waals surface area contributed by atoms with E-state index in [1.165, 1.54) is 0 Å². The van der Waals surface area contributed by atoms with Crippen molar-refractivity contribution in [3.05, 3.63) is 83.8 Å². The molecule has 1 unspecified atom stereocenters. The summed E-state index contributed by atoms with van der Waals surface area (Å²) in [6.45, 7) is 7.09. The largest absolute Gasteiger partial charge is 0.496 e. The molecule has 3 aromatic rings. The Labute approximate surface area is 191 Å². The molecule has 32 heavy (non-hydrogen) atoms. The van der Waals surface area contributed by atoms with E-state index in [2.05, 4.69) is 6.07 Å². The van der Waals surface area contributed by atoms with Crippen molar-refractivity contribution in [1.82, 2.24) is 4.90 Å². The number of amides is 1. The zero-order chi connectivity index (χ0) is 22.9. The summed E-state index contributed by atoms with van der Waals surface area (Å²) in [5.74, 6) is 2.66. The van der Waals surface area contributed by atoms with Gasteiger partial charge in [-0.25, -0.2) is 0 Å². The molecule has 1 amide bonds. The van der Waals surface area contributed by atoms with E-state index in [4.69, 9.17) is 13.9 Å². The highest BCUT2D eigenvalue weighted by molar-refractivity contribution is 5.75. The number of nitrogens with zero attached hydrogens (tertiary/aromatic N) is 1. The van der Waals surface area contributed by atoms with Gasteiger partial charge in [0, 0.05) is 31.0 Å². The van der Waals surface area contributed by atoms with Gasteiger partial charge < -0.3 is 18.8 Å². The van der Waals surface area contributed by atoms with Crippen molar-refractivity contribution in [3.8, 4) is 11.5 Å². The Kier molecular flexibility index (Phi) is 8.37. The first-order chi connectivity index (χ1) is 15.5. The third-order valence-corrected chi connectivity index (χ3v) is 5.41. The van der Waals surface area contributed by atoms with Crippen molar-refractivity contribution in [2.75, 3.05) is 13.7 Å². The predicted octanol–water partition coefficient (Wildman–Crippen LogP) is 6.04. The van der Waals surface area contributed by atoms with Crippen molar-refractivity contribution in [2.24, 2.45) is 0 Å². The molecule has 0 bridgehead atoms. The lowest BCUT2D eigenvalue weighted by molar-refractivity contribution is -0.131. The summed E-state index contributed by atoms with van der Waals surface area (Å²) in [5.41, 5.74) is 2.14. The normalized spacial score (nSPS) is 11.9. The minimum Gasteiger partial charge on any atom is -0.496 e. The van der Waals surface area contributed by atoms with Gasteiger partial charge in [-0.05, 0) is 56.2 Å².